The van der Waals surface area contributed by atoms with Crippen LogP contribution in [0.15, 0.2) is 30.3 Å². The summed E-state index contributed by atoms with van der Waals surface area (Å²) in [7, 11) is 1.73. The standard InChI is InChI=1S/C11H14N4O/c1-15-13-11(12-14-15)8-7-10(16)9-5-3-2-4-6-9/h2-6,10,16H,7-8H2,1H3. The lowest BCUT2D eigenvalue weighted by atomic mass is 10.1. The molecule has 2 rings (SSSR count). The Morgan fingerprint density at radius 2 is 2.06 bits per heavy atom. The van der Waals surface area contributed by atoms with Gasteiger partial charge in [-0.05, 0) is 17.2 Å². The normalized spacial score (nSPS) is 12.6. The highest BCUT2D eigenvalue weighted by atomic mass is 16.3. The van der Waals surface area contributed by atoms with Crippen molar-refractivity contribution < 1.29 is 5.11 Å². The molecule has 0 saturated carbocycles. The Morgan fingerprint density at radius 3 is 2.69 bits per heavy atom. The fourth-order valence-electron chi connectivity index (χ4n) is 1.53. The fraction of sp³-hybridized carbons (Fsp3) is 0.364. The van der Waals surface area contributed by atoms with Gasteiger partial charge in [0.2, 0.25) is 0 Å². The zero-order chi connectivity index (χ0) is 11.4. The summed E-state index contributed by atoms with van der Waals surface area (Å²) in [5.41, 5.74) is 0.923. The van der Waals surface area contributed by atoms with Crippen LogP contribution in [0.5, 0.6) is 0 Å². The van der Waals surface area contributed by atoms with Gasteiger partial charge in [0.1, 0.15) is 0 Å². The minimum Gasteiger partial charge on any atom is -0.388 e. The molecule has 0 saturated heterocycles. The van der Waals surface area contributed by atoms with Gasteiger partial charge < -0.3 is 5.11 Å². The van der Waals surface area contributed by atoms with Gasteiger partial charge in [-0.15, -0.1) is 10.2 Å². The maximum absolute atomic E-state index is 9.91. The Kier molecular flexibility index (Phi) is 3.26. The molecule has 1 atom stereocenters. The molecule has 5 heteroatoms. The first-order valence-corrected chi connectivity index (χ1v) is 5.21. The quantitative estimate of drug-likeness (QED) is 0.827. The molecule has 0 aliphatic heterocycles. The van der Waals surface area contributed by atoms with Crippen LogP contribution in [0.3, 0.4) is 0 Å². The van der Waals surface area contributed by atoms with Crippen LogP contribution in [0, 0.1) is 0 Å². The molecule has 0 aliphatic carbocycles. The van der Waals surface area contributed by atoms with Gasteiger partial charge in [0.05, 0.1) is 13.2 Å². The van der Waals surface area contributed by atoms with E-state index in [4.69, 9.17) is 0 Å². The fourth-order valence-corrected chi connectivity index (χ4v) is 1.53. The monoisotopic (exact) mass is 218 g/mol. The van der Waals surface area contributed by atoms with Crippen molar-refractivity contribution in [2.75, 3.05) is 0 Å². The minimum atomic E-state index is -0.468. The van der Waals surface area contributed by atoms with Crippen LogP contribution in [0.1, 0.15) is 23.9 Å². The van der Waals surface area contributed by atoms with Gasteiger partial charge in [-0.3, -0.25) is 0 Å². The van der Waals surface area contributed by atoms with Crippen LogP contribution in [0.25, 0.3) is 0 Å². The first-order chi connectivity index (χ1) is 7.75. The average molecular weight is 218 g/mol. The summed E-state index contributed by atoms with van der Waals surface area (Å²) in [5.74, 6) is 0.664. The first kappa shape index (κ1) is 10.8. The van der Waals surface area contributed by atoms with Crippen molar-refractivity contribution in [2.45, 2.75) is 18.9 Å². The van der Waals surface area contributed by atoms with Gasteiger partial charge in [0, 0.05) is 6.42 Å². The number of hydrogen-bond acceptors (Lipinski definition) is 4. The van der Waals surface area contributed by atoms with Crippen molar-refractivity contribution in [1.82, 2.24) is 20.2 Å². The number of benzene rings is 1. The maximum Gasteiger partial charge on any atom is 0.174 e. The van der Waals surface area contributed by atoms with Gasteiger partial charge >= 0.3 is 0 Å². The van der Waals surface area contributed by atoms with Gasteiger partial charge in [-0.2, -0.15) is 4.80 Å². The van der Waals surface area contributed by atoms with Crippen LogP contribution in [0.2, 0.25) is 0 Å². The van der Waals surface area contributed by atoms with E-state index in [0.29, 0.717) is 18.7 Å². The zero-order valence-electron chi connectivity index (χ0n) is 9.11. The van der Waals surface area contributed by atoms with Crippen LogP contribution in [-0.4, -0.2) is 25.3 Å². The lowest BCUT2D eigenvalue weighted by Gasteiger charge is -2.08. The van der Waals surface area contributed by atoms with E-state index in [0.717, 1.165) is 5.56 Å². The Labute approximate surface area is 93.7 Å². The smallest absolute Gasteiger partial charge is 0.174 e. The number of aromatic nitrogens is 4. The molecule has 0 amide bonds. The first-order valence-electron chi connectivity index (χ1n) is 5.21. The van der Waals surface area contributed by atoms with Crippen LogP contribution in [0.4, 0.5) is 0 Å². The maximum atomic E-state index is 9.91. The Bertz CT molecular complexity index is 440. The number of tetrazole rings is 1. The van der Waals surface area contributed by atoms with Crippen molar-refractivity contribution in [3.63, 3.8) is 0 Å². The summed E-state index contributed by atoms with van der Waals surface area (Å²) < 4.78 is 0. The topological polar surface area (TPSA) is 63.8 Å². The minimum absolute atomic E-state index is 0.468. The number of aliphatic hydroxyl groups is 1. The Balaban J connectivity index is 1.91. The van der Waals surface area contributed by atoms with E-state index in [9.17, 15) is 5.11 Å². The van der Waals surface area contributed by atoms with Crippen molar-refractivity contribution in [2.24, 2.45) is 7.05 Å². The Hall–Kier alpha value is -1.75. The molecule has 1 aromatic heterocycles. The third-order valence-electron chi connectivity index (χ3n) is 2.38. The summed E-state index contributed by atoms with van der Waals surface area (Å²) in [6.07, 6.45) is 0.768. The molecular formula is C11H14N4O. The summed E-state index contributed by atoms with van der Waals surface area (Å²) in [6, 6.07) is 9.59. The van der Waals surface area contributed by atoms with E-state index in [1.165, 1.54) is 4.80 Å². The summed E-state index contributed by atoms with van der Waals surface area (Å²) in [6.45, 7) is 0. The SMILES string of the molecule is Cn1nnc(CCC(O)c2ccccc2)n1. The molecule has 1 N–H and O–H groups in total. The second kappa shape index (κ2) is 4.85. The summed E-state index contributed by atoms with van der Waals surface area (Å²) >= 11 is 0. The van der Waals surface area contributed by atoms with E-state index in [1.807, 2.05) is 30.3 Å². The zero-order valence-corrected chi connectivity index (χ0v) is 9.11. The van der Waals surface area contributed by atoms with E-state index in [-0.39, 0.29) is 0 Å². The van der Waals surface area contributed by atoms with Gasteiger partial charge in [0.25, 0.3) is 0 Å². The highest BCUT2D eigenvalue weighted by Crippen LogP contribution is 2.17. The molecule has 1 unspecified atom stereocenters. The van der Waals surface area contributed by atoms with Crippen molar-refractivity contribution in [1.29, 1.82) is 0 Å². The van der Waals surface area contributed by atoms with Crippen LogP contribution < -0.4 is 0 Å². The predicted octanol–water partition coefficient (Wildman–Crippen LogP) is 0.876. The number of nitrogens with zero attached hydrogens (tertiary/aromatic N) is 4. The largest absolute Gasteiger partial charge is 0.388 e. The molecular weight excluding hydrogens is 204 g/mol. The van der Waals surface area contributed by atoms with E-state index >= 15 is 0 Å². The average Bonchev–Trinajstić information content (AvgIpc) is 2.73. The van der Waals surface area contributed by atoms with E-state index < -0.39 is 6.10 Å². The molecule has 0 fully saturated rings. The molecule has 5 nitrogen and oxygen atoms in total. The number of aliphatic hydroxyl groups excluding tert-OH is 1. The molecule has 0 radical (unpaired) electrons. The predicted molar refractivity (Wildman–Crippen MR) is 58.5 cm³/mol. The number of hydrogen-bond donors (Lipinski definition) is 1. The van der Waals surface area contributed by atoms with Gasteiger partial charge in [-0.1, -0.05) is 30.3 Å². The molecule has 1 aromatic carbocycles. The third-order valence-corrected chi connectivity index (χ3v) is 2.38. The lowest BCUT2D eigenvalue weighted by Crippen LogP contribution is -2.01. The second-order valence-electron chi connectivity index (χ2n) is 3.66. The molecule has 0 bridgehead atoms. The van der Waals surface area contributed by atoms with Crippen molar-refractivity contribution >= 4 is 0 Å². The number of rotatable bonds is 4. The summed E-state index contributed by atoms with van der Waals surface area (Å²) in [5, 5.41) is 21.6. The van der Waals surface area contributed by atoms with Crippen LogP contribution in [-0.2, 0) is 13.5 Å². The molecule has 0 aliphatic rings. The summed E-state index contributed by atoms with van der Waals surface area (Å²) in [4.78, 5) is 1.42. The molecule has 0 spiro atoms. The molecule has 16 heavy (non-hydrogen) atoms. The van der Waals surface area contributed by atoms with Crippen LogP contribution >= 0.6 is 0 Å². The molecule has 1 heterocycles. The van der Waals surface area contributed by atoms with Crippen molar-refractivity contribution in [3.05, 3.63) is 41.7 Å². The molecule has 84 valence electrons. The highest BCUT2D eigenvalue weighted by Gasteiger charge is 2.09. The van der Waals surface area contributed by atoms with E-state index in [2.05, 4.69) is 15.4 Å². The highest BCUT2D eigenvalue weighted by molar-refractivity contribution is 5.17. The van der Waals surface area contributed by atoms with Gasteiger partial charge in [-0.25, -0.2) is 0 Å². The molecule has 2 aromatic rings. The Morgan fingerprint density at radius 1 is 1.31 bits per heavy atom. The van der Waals surface area contributed by atoms with E-state index in [1.54, 1.807) is 7.05 Å². The van der Waals surface area contributed by atoms with Gasteiger partial charge in [0.15, 0.2) is 5.82 Å². The number of aryl methyl sites for hydroxylation is 2. The second-order valence-corrected chi connectivity index (χ2v) is 3.66. The third kappa shape index (κ3) is 2.64. The lowest BCUT2D eigenvalue weighted by molar-refractivity contribution is 0.167. The van der Waals surface area contributed by atoms with Crippen molar-refractivity contribution in [3.8, 4) is 0 Å².